The summed E-state index contributed by atoms with van der Waals surface area (Å²) in [5, 5.41) is 0. The van der Waals surface area contributed by atoms with Crippen molar-refractivity contribution in [1.82, 2.24) is 0 Å². The Morgan fingerprint density at radius 1 is 0.875 bits per heavy atom. The summed E-state index contributed by atoms with van der Waals surface area (Å²) in [7, 11) is -6.20. The zero-order valence-electron chi connectivity index (χ0n) is 10.6. The largest absolute Gasteiger partial charge is 0.314 e. The maximum absolute atomic E-state index is 14.6. The molecule has 1 rings (SSSR count). The van der Waals surface area contributed by atoms with Crippen molar-refractivity contribution >= 4 is 16.8 Å². The molecule has 0 aliphatic rings. The first kappa shape index (κ1) is 13.6. The van der Waals surface area contributed by atoms with Crippen molar-refractivity contribution in [1.29, 1.82) is 0 Å². The normalized spacial score (nSPS) is 13.9. The van der Waals surface area contributed by atoms with E-state index in [-0.39, 0.29) is 0 Å². The minimum absolute atomic E-state index is 0.813. The van der Waals surface area contributed by atoms with Gasteiger partial charge >= 0.3 is 0 Å². The molecule has 0 fully saturated rings. The first-order valence-electron chi connectivity index (χ1n) is 5.54. The van der Waals surface area contributed by atoms with Gasteiger partial charge in [0.05, 0.1) is 0 Å². The molecule has 0 unspecified atom stereocenters. The molecule has 0 aliphatic heterocycles. The Labute approximate surface area is 99.1 Å². The molecule has 0 spiro atoms. The molecule has 0 radical (unpaired) electrons. The predicted molar refractivity (Wildman–Crippen MR) is 71.0 cm³/mol. The van der Waals surface area contributed by atoms with Crippen LogP contribution in [0.1, 0.15) is 12.5 Å². The lowest BCUT2D eigenvalue weighted by Gasteiger charge is -2.43. The summed E-state index contributed by atoms with van der Waals surface area (Å²) in [4.78, 5) is 0. The van der Waals surface area contributed by atoms with E-state index in [1.54, 1.807) is 33.1 Å². The van der Waals surface area contributed by atoms with E-state index in [0.29, 0.717) is 0 Å². The van der Waals surface area contributed by atoms with Gasteiger partial charge in [-0.25, -0.2) is 0 Å². The second kappa shape index (κ2) is 4.07. The van der Waals surface area contributed by atoms with Crippen molar-refractivity contribution < 1.29 is 8.22 Å². The van der Waals surface area contributed by atoms with E-state index in [2.05, 4.69) is 0 Å². The third kappa shape index (κ3) is 2.13. The van der Waals surface area contributed by atoms with Gasteiger partial charge in [-0.05, 0) is 31.8 Å². The molecular weight excluding hydrogens is 238 g/mol. The van der Waals surface area contributed by atoms with Crippen LogP contribution < -0.4 is 0 Å². The zero-order chi connectivity index (χ0) is 12.6. The number of rotatable bonds is 3. The van der Waals surface area contributed by atoms with Crippen LogP contribution in [0.15, 0.2) is 30.3 Å². The third-order valence-electron chi connectivity index (χ3n) is 3.73. The Balaban J connectivity index is 3.39. The van der Waals surface area contributed by atoms with E-state index >= 15 is 0 Å². The van der Waals surface area contributed by atoms with Crippen LogP contribution >= 0.6 is 0 Å². The Bertz CT molecular complexity index is 336. The van der Waals surface area contributed by atoms with Gasteiger partial charge in [0.1, 0.15) is 0 Å². The van der Waals surface area contributed by atoms with E-state index in [1.807, 2.05) is 30.3 Å². The van der Waals surface area contributed by atoms with Crippen molar-refractivity contribution in [2.45, 2.75) is 37.8 Å². The van der Waals surface area contributed by atoms with Crippen LogP contribution in [0.3, 0.4) is 0 Å². The number of hydrogen-bond donors (Lipinski definition) is 0. The molecule has 0 saturated heterocycles. The molecule has 90 valence electrons. The van der Waals surface area contributed by atoms with Gasteiger partial charge < -0.3 is 8.22 Å². The smallest absolute Gasteiger partial charge is 0.250 e. The van der Waals surface area contributed by atoms with Crippen molar-refractivity contribution in [2.24, 2.45) is 0 Å². The topological polar surface area (TPSA) is 0 Å². The lowest BCUT2D eigenvalue weighted by atomic mass is 10.1. The van der Waals surface area contributed by atoms with Gasteiger partial charge in [-0.2, -0.15) is 0 Å². The van der Waals surface area contributed by atoms with Gasteiger partial charge in [0.25, 0.3) is 16.8 Å². The highest BCUT2D eigenvalue weighted by atomic mass is 28.4. The van der Waals surface area contributed by atoms with Crippen LogP contribution in [0.4, 0.5) is 8.22 Å². The van der Waals surface area contributed by atoms with E-state index in [1.165, 1.54) is 0 Å². The molecular formula is C12H20F2Si2. The van der Waals surface area contributed by atoms with Gasteiger partial charge in [0.15, 0.2) is 0 Å². The Kier molecular flexibility index (Phi) is 3.46. The van der Waals surface area contributed by atoms with Gasteiger partial charge in [0, 0.05) is 4.66 Å². The number of hydrogen-bond acceptors (Lipinski definition) is 0. The van der Waals surface area contributed by atoms with E-state index in [0.717, 1.165) is 5.56 Å². The van der Waals surface area contributed by atoms with Crippen molar-refractivity contribution in [3.05, 3.63) is 35.9 Å². The quantitative estimate of drug-likeness (QED) is 0.558. The summed E-state index contributed by atoms with van der Waals surface area (Å²) in [6.45, 7) is 8.19. The average molecular weight is 258 g/mol. The molecule has 0 heterocycles. The van der Waals surface area contributed by atoms with Gasteiger partial charge in [-0.3, -0.25) is 0 Å². The number of benzene rings is 1. The molecule has 0 saturated carbocycles. The maximum Gasteiger partial charge on any atom is 0.250 e. The lowest BCUT2D eigenvalue weighted by molar-refractivity contribution is 0.635. The molecule has 0 bridgehead atoms. The zero-order valence-corrected chi connectivity index (χ0v) is 12.6. The molecule has 0 amide bonds. The fraction of sp³-hybridized carbons (Fsp3) is 0.500. The lowest BCUT2D eigenvalue weighted by Crippen LogP contribution is -2.60. The second-order valence-electron chi connectivity index (χ2n) is 5.44. The van der Waals surface area contributed by atoms with Crippen LogP contribution in [0.25, 0.3) is 0 Å². The molecule has 4 heteroatoms. The molecule has 0 aliphatic carbocycles. The standard InChI is InChI=1S/C12H20F2Si2/c1-12(15(2,3)13,16(4,5)14)11-9-7-6-8-10-11/h6-10H,1-5H3. The van der Waals surface area contributed by atoms with Gasteiger partial charge in [0.2, 0.25) is 0 Å². The SMILES string of the molecule is CC(c1ccccc1)([Si](C)(C)F)[Si](C)(C)F. The summed E-state index contributed by atoms with van der Waals surface area (Å²) in [6.07, 6.45) is 0. The summed E-state index contributed by atoms with van der Waals surface area (Å²) in [5.74, 6) is 0. The van der Waals surface area contributed by atoms with Crippen LogP contribution in [0.2, 0.25) is 26.2 Å². The Morgan fingerprint density at radius 2 is 1.25 bits per heavy atom. The fourth-order valence-corrected chi connectivity index (χ4v) is 9.53. The first-order valence-corrected chi connectivity index (χ1v) is 11.3. The highest BCUT2D eigenvalue weighted by Gasteiger charge is 2.58. The van der Waals surface area contributed by atoms with Crippen LogP contribution in [-0.2, 0) is 4.66 Å². The van der Waals surface area contributed by atoms with Crippen molar-refractivity contribution in [2.75, 3.05) is 0 Å². The second-order valence-corrected chi connectivity index (χ2v) is 13.8. The number of halogens is 2. The molecule has 0 nitrogen and oxygen atoms in total. The minimum atomic E-state index is -3.10. The monoisotopic (exact) mass is 258 g/mol. The first-order chi connectivity index (χ1) is 7.11. The predicted octanol–water partition coefficient (Wildman–Crippen LogP) is 4.37. The molecule has 0 aromatic heterocycles. The molecule has 16 heavy (non-hydrogen) atoms. The maximum atomic E-state index is 14.6. The summed E-state index contributed by atoms with van der Waals surface area (Å²) >= 11 is 0. The summed E-state index contributed by atoms with van der Waals surface area (Å²) < 4.78 is 28.2. The molecule has 1 aromatic carbocycles. The summed E-state index contributed by atoms with van der Waals surface area (Å²) in [5.41, 5.74) is 0.813. The highest BCUT2D eigenvalue weighted by molar-refractivity contribution is 6.93. The van der Waals surface area contributed by atoms with Crippen LogP contribution in [0, 0.1) is 0 Å². The third-order valence-corrected chi connectivity index (χ3v) is 12.6. The van der Waals surface area contributed by atoms with Crippen molar-refractivity contribution in [3.8, 4) is 0 Å². The van der Waals surface area contributed by atoms with Crippen LogP contribution in [-0.4, -0.2) is 16.8 Å². The average Bonchev–Trinajstić information content (AvgIpc) is 2.14. The van der Waals surface area contributed by atoms with Gasteiger partial charge in [-0.1, -0.05) is 37.3 Å². The molecule has 0 N–H and O–H groups in total. The fourth-order valence-electron chi connectivity index (χ4n) is 2.16. The van der Waals surface area contributed by atoms with E-state index < -0.39 is 21.5 Å². The van der Waals surface area contributed by atoms with E-state index in [9.17, 15) is 8.22 Å². The molecule has 1 aromatic rings. The van der Waals surface area contributed by atoms with Crippen molar-refractivity contribution in [3.63, 3.8) is 0 Å². The highest BCUT2D eigenvalue weighted by Crippen LogP contribution is 2.43. The van der Waals surface area contributed by atoms with Crippen LogP contribution in [0.5, 0.6) is 0 Å². The Morgan fingerprint density at radius 3 is 1.56 bits per heavy atom. The van der Waals surface area contributed by atoms with E-state index in [4.69, 9.17) is 0 Å². The Hall–Kier alpha value is -0.486. The molecule has 0 atom stereocenters. The van der Waals surface area contributed by atoms with Gasteiger partial charge in [-0.15, -0.1) is 0 Å². The minimum Gasteiger partial charge on any atom is -0.314 e. The summed E-state index contributed by atoms with van der Waals surface area (Å²) in [6, 6.07) is 9.29.